The molecule has 1 atom stereocenters. The summed E-state index contributed by atoms with van der Waals surface area (Å²) in [7, 11) is 0. The summed E-state index contributed by atoms with van der Waals surface area (Å²) in [5.41, 5.74) is 2.46. The molecule has 1 saturated heterocycles. The number of aromatic nitrogens is 4. The molecular formula is C19H19FN6O. The normalized spacial score (nSPS) is 19.8. The average molecular weight is 366 g/mol. The van der Waals surface area contributed by atoms with Crippen LogP contribution in [0.25, 0.3) is 5.65 Å². The number of carbonyl (C=O) groups is 1. The Morgan fingerprint density at radius 1 is 1.22 bits per heavy atom. The molecule has 8 heteroatoms. The van der Waals surface area contributed by atoms with Crippen LogP contribution in [0.15, 0.2) is 30.6 Å². The first-order chi connectivity index (χ1) is 13.2. The van der Waals surface area contributed by atoms with Crippen LogP contribution in [0, 0.1) is 5.82 Å². The third kappa shape index (κ3) is 2.81. The van der Waals surface area contributed by atoms with Gasteiger partial charge in [0.05, 0.1) is 17.9 Å². The number of hydrogen-bond acceptors (Lipinski definition) is 5. The second-order valence-electron chi connectivity index (χ2n) is 7.02. The van der Waals surface area contributed by atoms with Gasteiger partial charge in [-0.25, -0.2) is 13.9 Å². The predicted molar refractivity (Wildman–Crippen MR) is 97.2 cm³/mol. The van der Waals surface area contributed by atoms with Crippen LogP contribution in [0.3, 0.4) is 0 Å². The van der Waals surface area contributed by atoms with Crippen LogP contribution in [0.4, 0.5) is 10.2 Å². The van der Waals surface area contributed by atoms with Crippen molar-refractivity contribution in [2.75, 3.05) is 18.0 Å². The van der Waals surface area contributed by atoms with Crippen LogP contribution in [-0.2, 0) is 6.42 Å². The zero-order valence-corrected chi connectivity index (χ0v) is 14.7. The van der Waals surface area contributed by atoms with Crippen LogP contribution in [0.1, 0.15) is 47.1 Å². The maximum Gasteiger partial charge on any atom is 0.256 e. The van der Waals surface area contributed by atoms with Crippen molar-refractivity contribution < 1.29 is 9.18 Å². The first-order valence-corrected chi connectivity index (χ1v) is 9.24. The molecule has 1 amide bonds. The van der Waals surface area contributed by atoms with E-state index < -0.39 is 0 Å². The van der Waals surface area contributed by atoms with Gasteiger partial charge in [-0.2, -0.15) is 5.10 Å². The minimum atomic E-state index is -0.264. The van der Waals surface area contributed by atoms with E-state index in [-0.39, 0.29) is 17.8 Å². The van der Waals surface area contributed by atoms with E-state index in [0.717, 1.165) is 36.6 Å². The van der Waals surface area contributed by atoms with Crippen molar-refractivity contribution in [3.8, 4) is 0 Å². The number of rotatable bonds is 0. The number of halogens is 1. The number of nitrogens with zero attached hydrogens (tertiary/aromatic N) is 5. The second-order valence-corrected chi connectivity index (χ2v) is 7.02. The van der Waals surface area contributed by atoms with Gasteiger partial charge in [0.25, 0.3) is 5.91 Å². The molecule has 0 saturated carbocycles. The molecular weight excluding hydrogens is 347 g/mol. The molecule has 3 aromatic heterocycles. The molecule has 27 heavy (non-hydrogen) atoms. The summed E-state index contributed by atoms with van der Waals surface area (Å²) in [6.07, 6.45) is 6.54. The van der Waals surface area contributed by atoms with Crippen molar-refractivity contribution in [2.24, 2.45) is 0 Å². The number of nitrogens with one attached hydrogen (secondary N) is 1. The SMILES string of the molecule is O=C1NCCCc2cc(F)cc(n2)[C@H]2CCCN2c2ccn3ncc1c3n2. The number of anilines is 1. The number of carbonyl (C=O) groups excluding carboxylic acids is 1. The Balaban J connectivity index is 1.66. The van der Waals surface area contributed by atoms with Crippen LogP contribution in [0.2, 0.25) is 0 Å². The highest BCUT2D eigenvalue weighted by Crippen LogP contribution is 2.35. The summed E-state index contributed by atoms with van der Waals surface area (Å²) >= 11 is 0. The van der Waals surface area contributed by atoms with E-state index in [1.165, 1.54) is 12.1 Å². The van der Waals surface area contributed by atoms with Gasteiger partial charge in [0, 0.05) is 25.0 Å². The van der Waals surface area contributed by atoms with E-state index in [9.17, 15) is 9.18 Å². The van der Waals surface area contributed by atoms with Gasteiger partial charge in [0.2, 0.25) is 0 Å². The highest BCUT2D eigenvalue weighted by Gasteiger charge is 2.29. The Kier molecular flexibility index (Phi) is 3.77. The number of aryl methyl sites for hydroxylation is 1. The van der Waals surface area contributed by atoms with E-state index >= 15 is 0 Å². The van der Waals surface area contributed by atoms with Crippen molar-refractivity contribution in [2.45, 2.75) is 31.7 Å². The van der Waals surface area contributed by atoms with Gasteiger partial charge < -0.3 is 10.2 Å². The minimum Gasteiger partial charge on any atom is -0.352 e. The highest BCUT2D eigenvalue weighted by molar-refractivity contribution is 5.99. The molecule has 1 fully saturated rings. The van der Waals surface area contributed by atoms with E-state index in [1.54, 1.807) is 16.9 Å². The maximum atomic E-state index is 14.2. The fraction of sp³-hybridized carbons (Fsp3) is 0.368. The summed E-state index contributed by atoms with van der Waals surface area (Å²) < 4.78 is 15.8. The molecule has 2 aliphatic heterocycles. The fourth-order valence-corrected chi connectivity index (χ4v) is 3.97. The minimum absolute atomic E-state index is 0.0162. The molecule has 3 aromatic rings. The van der Waals surface area contributed by atoms with E-state index in [4.69, 9.17) is 9.97 Å². The quantitative estimate of drug-likeness (QED) is 0.661. The lowest BCUT2D eigenvalue weighted by atomic mass is 10.1. The van der Waals surface area contributed by atoms with Crippen LogP contribution < -0.4 is 10.2 Å². The lowest BCUT2D eigenvalue weighted by molar-refractivity contribution is 0.0954. The average Bonchev–Trinajstić information content (AvgIpc) is 3.30. The van der Waals surface area contributed by atoms with Crippen molar-refractivity contribution in [3.63, 3.8) is 0 Å². The molecule has 0 aromatic carbocycles. The number of amides is 1. The first-order valence-electron chi connectivity index (χ1n) is 9.24. The Bertz CT molecular complexity index is 1030. The zero-order valence-electron chi connectivity index (χ0n) is 14.7. The molecule has 138 valence electrons. The fourth-order valence-electron chi connectivity index (χ4n) is 3.97. The Hall–Kier alpha value is -3.03. The lowest BCUT2D eigenvalue weighted by Crippen LogP contribution is -2.27. The molecule has 0 unspecified atom stereocenters. The molecule has 4 bridgehead atoms. The maximum absolute atomic E-state index is 14.2. The molecule has 5 heterocycles. The summed E-state index contributed by atoms with van der Waals surface area (Å²) in [6.45, 7) is 1.30. The molecule has 0 aliphatic carbocycles. The topological polar surface area (TPSA) is 75.4 Å². The lowest BCUT2D eigenvalue weighted by Gasteiger charge is -2.26. The van der Waals surface area contributed by atoms with E-state index in [1.807, 2.05) is 6.07 Å². The summed E-state index contributed by atoms with van der Waals surface area (Å²) in [5.74, 6) is 0.293. The summed E-state index contributed by atoms with van der Waals surface area (Å²) in [6, 6.07) is 4.88. The summed E-state index contributed by atoms with van der Waals surface area (Å²) in [4.78, 5) is 24.1. The van der Waals surface area contributed by atoms with Gasteiger partial charge in [-0.1, -0.05) is 0 Å². The van der Waals surface area contributed by atoms with Crippen molar-refractivity contribution in [1.82, 2.24) is 24.9 Å². The van der Waals surface area contributed by atoms with E-state index in [0.29, 0.717) is 30.6 Å². The monoisotopic (exact) mass is 366 g/mol. The van der Waals surface area contributed by atoms with Crippen LogP contribution >= 0.6 is 0 Å². The zero-order chi connectivity index (χ0) is 18.4. The Morgan fingerprint density at radius 2 is 2.15 bits per heavy atom. The summed E-state index contributed by atoms with van der Waals surface area (Å²) in [5, 5.41) is 7.13. The first kappa shape index (κ1) is 16.2. The molecule has 0 radical (unpaired) electrons. The number of hydrogen-bond donors (Lipinski definition) is 1. The van der Waals surface area contributed by atoms with Crippen LogP contribution in [0.5, 0.6) is 0 Å². The van der Waals surface area contributed by atoms with Gasteiger partial charge >= 0.3 is 0 Å². The molecule has 0 spiro atoms. The molecule has 5 rings (SSSR count). The van der Waals surface area contributed by atoms with Gasteiger partial charge in [0.1, 0.15) is 17.2 Å². The van der Waals surface area contributed by atoms with Crippen molar-refractivity contribution >= 4 is 17.4 Å². The number of pyridine rings is 1. The van der Waals surface area contributed by atoms with Gasteiger partial charge in [-0.3, -0.25) is 9.78 Å². The molecule has 2 aliphatic rings. The molecule has 1 N–H and O–H groups in total. The van der Waals surface area contributed by atoms with Gasteiger partial charge in [-0.15, -0.1) is 0 Å². The van der Waals surface area contributed by atoms with Crippen molar-refractivity contribution in [1.29, 1.82) is 0 Å². The van der Waals surface area contributed by atoms with Crippen LogP contribution in [-0.4, -0.2) is 38.6 Å². The second kappa shape index (κ2) is 6.29. The van der Waals surface area contributed by atoms with E-state index in [2.05, 4.69) is 15.3 Å². The van der Waals surface area contributed by atoms with Gasteiger partial charge in [-0.05, 0) is 43.9 Å². The highest BCUT2D eigenvalue weighted by atomic mass is 19.1. The third-order valence-corrected chi connectivity index (χ3v) is 5.25. The van der Waals surface area contributed by atoms with Crippen molar-refractivity contribution in [3.05, 3.63) is 53.4 Å². The largest absolute Gasteiger partial charge is 0.352 e. The van der Waals surface area contributed by atoms with Gasteiger partial charge in [0.15, 0.2) is 5.65 Å². The smallest absolute Gasteiger partial charge is 0.256 e. The standard InChI is InChI=1S/C19H19FN6O/c20-12-9-13-3-1-6-21-19(27)14-11-22-26-8-5-17(24-18(14)26)25-7-2-4-16(25)15(10-12)23-13/h5,8-11,16H,1-4,6-7H2,(H,21,27)/t16-/m1/s1. The predicted octanol–water partition coefficient (Wildman–Crippen LogP) is 2.28. The Morgan fingerprint density at radius 3 is 3.07 bits per heavy atom. The third-order valence-electron chi connectivity index (χ3n) is 5.25. The Labute approximate surface area is 155 Å². The number of fused-ring (bicyclic) bond motifs is 6. The molecule has 7 nitrogen and oxygen atoms in total.